The number of halogens is 1. The van der Waals surface area contributed by atoms with Crippen LogP contribution in [0.15, 0.2) is 28.6 Å². The fraction of sp³-hybridized carbons (Fsp3) is 0.286. The zero-order valence-corrected chi connectivity index (χ0v) is 14.3. The van der Waals surface area contributed by atoms with E-state index >= 15 is 0 Å². The second-order valence-electron chi connectivity index (χ2n) is 4.96. The van der Waals surface area contributed by atoms with Gasteiger partial charge in [-0.05, 0) is 37.1 Å². The second kappa shape index (κ2) is 7.29. The predicted molar refractivity (Wildman–Crippen MR) is 91.6 cm³/mol. The Kier molecular flexibility index (Phi) is 5.14. The molecule has 1 aromatic carbocycles. The van der Waals surface area contributed by atoms with Gasteiger partial charge in [-0.25, -0.2) is 4.79 Å². The summed E-state index contributed by atoms with van der Waals surface area (Å²) in [5, 5.41) is 14.3. The molecular weight excluding hydrogens is 356 g/mol. The smallest absolute Gasteiger partial charge is 0.321 e. The number of rotatable bonds is 6. The normalized spacial score (nSPS) is 13.6. The van der Waals surface area contributed by atoms with Crippen molar-refractivity contribution in [1.29, 1.82) is 0 Å². The average Bonchev–Trinajstić information content (AvgIpc) is 3.22. The quantitative estimate of drug-likeness (QED) is 0.463. The molecule has 1 aromatic heterocycles. The van der Waals surface area contributed by atoms with E-state index in [0.717, 1.165) is 12.8 Å². The average molecular weight is 369 g/mol. The van der Waals surface area contributed by atoms with Crippen LogP contribution in [0.3, 0.4) is 0 Å². The molecule has 0 unspecified atom stereocenters. The number of benzene rings is 1. The lowest BCUT2D eigenvalue weighted by molar-refractivity contribution is 0.102. The summed E-state index contributed by atoms with van der Waals surface area (Å²) in [6, 6.07) is 6.78. The van der Waals surface area contributed by atoms with Crippen molar-refractivity contribution < 1.29 is 9.59 Å². The molecule has 3 rings (SSSR count). The molecule has 6 nitrogen and oxygen atoms in total. The van der Waals surface area contributed by atoms with Crippen LogP contribution < -0.4 is 10.6 Å². The molecule has 1 saturated carbocycles. The van der Waals surface area contributed by atoms with Gasteiger partial charge in [-0.1, -0.05) is 34.7 Å². The Morgan fingerprint density at radius 3 is 2.70 bits per heavy atom. The minimum atomic E-state index is -0.266. The maximum absolute atomic E-state index is 12.1. The number of amides is 2. The van der Waals surface area contributed by atoms with E-state index in [2.05, 4.69) is 20.8 Å². The largest absolute Gasteiger partial charge is 0.335 e. The molecule has 1 fully saturated rings. The van der Waals surface area contributed by atoms with E-state index in [9.17, 15) is 9.59 Å². The van der Waals surface area contributed by atoms with Gasteiger partial charge in [0.25, 0.3) is 0 Å². The van der Waals surface area contributed by atoms with E-state index in [1.807, 2.05) is 0 Å². The van der Waals surface area contributed by atoms with E-state index in [4.69, 9.17) is 11.6 Å². The van der Waals surface area contributed by atoms with Crippen LogP contribution >= 0.6 is 34.7 Å². The van der Waals surface area contributed by atoms with Gasteiger partial charge in [-0.2, -0.15) is 0 Å². The second-order valence-corrected chi connectivity index (χ2v) is 7.60. The zero-order valence-electron chi connectivity index (χ0n) is 11.9. The fourth-order valence-corrected chi connectivity index (χ4v) is 3.48. The van der Waals surface area contributed by atoms with Crippen LogP contribution in [-0.4, -0.2) is 33.8 Å². The van der Waals surface area contributed by atoms with Gasteiger partial charge in [-0.15, -0.1) is 10.2 Å². The summed E-state index contributed by atoms with van der Waals surface area (Å²) in [5.74, 6) is 0.243. The van der Waals surface area contributed by atoms with Crippen molar-refractivity contribution in [2.75, 3.05) is 11.1 Å². The highest BCUT2D eigenvalue weighted by Crippen LogP contribution is 2.26. The molecule has 0 bridgehead atoms. The minimum Gasteiger partial charge on any atom is -0.335 e. The molecular formula is C14H13ClN4O2S2. The predicted octanol–water partition coefficient (Wildman–Crippen LogP) is 3.45. The number of nitrogens with one attached hydrogen (secondary N) is 2. The third-order valence-electron chi connectivity index (χ3n) is 3.03. The van der Waals surface area contributed by atoms with Crippen molar-refractivity contribution in [3.8, 4) is 0 Å². The van der Waals surface area contributed by atoms with Crippen LogP contribution in [0.5, 0.6) is 0 Å². The molecule has 1 aliphatic carbocycles. The number of urea groups is 1. The summed E-state index contributed by atoms with van der Waals surface area (Å²) in [5.41, 5.74) is 0.605. The number of nitrogens with zero attached hydrogens (tertiary/aromatic N) is 2. The van der Waals surface area contributed by atoms with Crippen LogP contribution in [0.25, 0.3) is 0 Å². The molecule has 9 heteroatoms. The summed E-state index contributed by atoms with van der Waals surface area (Å²) >= 11 is 8.33. The van der Waals surface area contributed by atoms with Gasteiger partial charge in [0, 0.05) is 16.6 Å². The van der Waals surface area contributed by atoms with E-state index in [1.54, 1.807) is 24.3 Å². The van der Waals surface area contributed by atoms with Crippen LogP contribution in [0.4, 0.5) is 9.93 Å². The zero-order chi connectivity index (χ0) is 16.2. The molecule has 0 saturated heterocycles. The van der Waals surface area contributed by atoms with Crippen molar-refractivity contribution in [1.82, 2.24) is 15.5 Å². The first-order valence-electron chi connectivity index (χ1n) is 6.93. The molecule has 0 radical (unpaired) electrons. The molecule has 2 aromatic rings. The van der Waals surface area contributed by atoms with Gasteiger partial charge < -0.3 is 5.32 Å². The highest BCUT2D eigenvalue weighted by molar-refractivity contribution is 8.01. The van der Waals surface area contributed by atoms with Crippen molar-refractivity contribution in [3.05, 3.63) is 34.9 Å². The Labute approximate surface area is 146 Å². The number of hydrogen-bond acceptors (Lipinski definition) is 6. The molecule has 0 atom stereocenters. The van der Waals surface area contributed by atoms with Crippen molar-refractivity contribution in [2.45, 2.75) is 23.2 Å². The lowest BCUT2D eigenvalue weighted by atomic mass is 10.1. The third kappa shape index (κ3) is 4.92. The summed E-state index contributed by atoms with van der Waals surface area (Å²) in [6.45, 7) is 0. The minimum absolute atomic E-state index is 0.0112. The summed E-state index contributed by atoms with van der Waals surface area (Å²) < 4.78 is 0.633. The molecule has 2 N–H and O–H groups in total. The Hall–Kier alpha value is -1.64. The highest BCUT2D eigenvalue weighted by Gasteiger charge is 2.23. The molecule has 2 amide bonds. The SMILES string of the molecule is O=C(Nc1nnc(SCC(=O)c2ccc(Cl)cc2)s1)NC1CC1. The maximum atomic E-state index is 12.1. The first kappa shape index (κ1) is 16.2. The number of aromatic nitrogens is 2. The first-order chi connectivity index (χ1) is 11.1. The first-order valence-corrected chi connectivity index (χ1v) is 9.11. The van der Waals surface area contributed by atoms with Gasteiger partial charge in [0.2, 0.25) is 5.13 Å². The standard InChI is InChI=1S/C14H13ClN4O2S2/c15-9-3-1-8(2-4-9)11(20)7-22-14-19-18-13(23-14)17-12(21)16-10-5-6-10/h1-4,10H,5-7H2,(H2,16,17,18,21). The molecule has 1 heterocycles. The van der Waals surface area contributed by atoms with Crippen LogP contribution in [0, 0.1) is 0 Å². The van der Waals surface area contributed by atoms with Crippen molar-refractivity contribution in [3.63, 3.8) is 0 Å². The summed E-state index contributed by atoms with van der Waals surface area (Å²) in [6.07, 6.45) is 2.05. The van der Waals surface area contributed by atoms with Gasteiger partial charge in [0.05, 0.1) is 5.75 Å². The number of thioether (sulfide) groups is 1. The molecule has 0 spiro atoms. The number of anilines is 1. The molecule has 0 aliphatic heterocycles. The van der Waals surface area contributed by atoms with Crippen molar-refractivity contribution in [2.24, 2.45) is 0 Å². The summed E-state index contributed by atoms with van der Waals surface area (Å²) in [4.78, 5) is 23.7. The molecule has 1 aliphatic rings. The van der Waals surface area contributed by atoms with Crippen LogP contribution in [0.2, 0.25) is 5.02 Å². The lowest BCUT2D eigenvalue weighted by Gasteiger charge is -2.01. The van der Waals surface area contributed by atoms with Gasteiger partial charge in [-0.3, -0.25) is 10.1 Å². The van der Waals surface area contributed by atoms with Gasteiger partial charge >= 0.3 is 6.03 Å². The summed E-state index contributed by atoms with van der Waals surface area (Å²) in [7, 11) is 0. The number of carbonyl (C=O) groups excluding carboxylic acids is 2. The topological polar surface area (TPSA) is 84.0 Å². The molecule has 23 heavy (non-hydrogen) atoms. The van der Waals surface area contributed by atoms with Crippen molar-refractivity contribution >= 4 is 51.6 Å². The van der Waals surface area contributed by atoms with E-state index in [1.165, 1.54) is 23.1 Å². The fourth-order valence-electron chi connectivity index (χ4n) is 1.71. The van der Waals surface area contributed by atoms with Gasteiger partial charge in [0.15, 0.2) is 10.1 Å². The number of hydrogen-bond donors (Lipinski definition) is 2. The number of ketones is 1. The van der Waals surface area contributed by atoms with Gasteiger partial charge in [0.1, 0.15) is 0 Å². The highest BCUT2D eigenvalue weighted by atomic mass is 35.5. The monoisotopic (exact) mass is 368 g/mol. The molecule has 120 valence electrons. The van der Waals surface area contributed by atoms with E-state index < -0.39 is 0 Å². The Morgan fingerprint density at radius 2 is 2.00 bits per heavy atom. The van der Waals surface area contributed by atoms with Crippen LogP contribution in [-0.2, 0) is 0 Å². The lowest BCUT2D eigenvalue weighted by Crippen LogP contribution is -2.30. The number of carbonyl (C=O) groups is 2. The Morgan fingerprint density at radius 1 is 1.26 bits per heavy atom. The Bertz CT molecular complexity index is 716. The third-order valence-corrected chi connectivity index (χ3v) is 5.26. The Balaban J connectivity index is 1.49. The van der Waals surface area contributed by atoms with E-state index in [0.29, 0.717) is 20.1 Å². The number of Topliss-reactive ketones (excluding diaryl/α,β-unsaturated/α-hetero) is 1. The maximum Gasteiger partial charge on any atom is 0.321 e. The van der Waals surface area contributed by atoms with Crippen LogP contribution in [0.1, 0.15) is 23.2 Å². The van der Waals surface area contributed by atoms with E-state index in [-0.39, 0.29) is 23.6 Å².